The highest BCUT2D eigenvalue weighted by molar-refractivity contribution is 6.72. The molecular formula is C49H38B7N3. The number of nitrogens with zero attached hydrogens (tertiary/aromatic N) is 3. The van der Waals surface area contributed by atoms with Crippen LogP contribution in [0, 0.1) is 0 Å². The molecule has 1 aromatic heterocycles. The van der Waals surface area contributed by atoms with Crippen LogP contribution in [-0.4, -0.2) is 69.9 Å². The van der Waals surface area contributed by atoms with Gasteiger partial charge in [-0.1, -0.05) is 149 Å². The molecule has 59 heavy (non-hydrogen) atoms. The van der Waals surface area contributed by atoms with Gasteiger partial charge in [0.25, 0.3) is 0 Å². The SMILES string of the molecule is Bc1c(B)c(B)c2c(B)c(-c3nc(-c4cccc(-c5ccc6cc(-c7cccc8ccccc78)ccc6c5)c4)nc(-c4ccc5ccccc5c4)n3)c(B)c(B)c2c1B. The lowest BCUT2D eigenvalue weighted by atomic mass is 9.59. The third kappa shape index (κ3) is 6.21. The zero-order valence-electron chi connectivity index (χ0n) is 34.7. The van der Waals surface area contributed by atoms with E-state index in [0.29, 0.717) is 17.5 Å². The number of rotatable bonds is 5. The van der Waals surface area contributed by atoms with E-state index in [2.05, 4.69) is 201 Å². The number of hydrogen-bond donors (Lipinski definition) is 0. The van der Waals surface area contributed by atoms with Crippen molar-refractivity contribution in [3.8, 4) is 56.4 Å². The lowest BCUT2D eigenvalue weighted by Gasteiger charge is -2.24. The summed E-state index contributed by atoms with van der Waals surface area (Å²) >= 11 is 0. The lowest BCUT2D eigenvalue weighted by molar-refractivity contribution is 1.08. The number of benzene rings is 9. The van der Waals surface area contributed by atoms with E-state index in [0.717, 1.165) is 33.2 Å². The van der Waals surface area contributed by atoms with Crippen LogP contribution in [0.25, 0.3) is 99.5 Å². The summed E-state index contributed by atoms with van der Waals surface area (Å²) in [6.07, 6.45) is 0. The first-order valence-electron chi connectivity index (χ1n) is 20.5. The minimum absolute atomic E-state index is 0.657. The smallest absolute Gasteiger partial charge is 0.164 e. The van der Waals surface area contributed by atoms with Crippen LogP contribution in [0.15, 0.2) is 146 Å². The molecule has 10 heteroatoms. The normalized spacial score (nSPS) is 11.5. The van der Waals surface area contributed by atoms with Crippen molar-refractivity contribution in [1.29, 1.82) is 0 Å². The maximum Gasteiger partial charge on any atom is 0.164 e. The van der Waals surface area contributed by atoms with Gasteiger partial charge in [0.15, 0.2) is 17.5 Å². The van der Waals surface area contributed by atoms with Gasteiger partial charge in [-0.15, -0.1) is 10.9 Å². The van der Waals surface area contributed by atoms with Gasteiger partial charge in [0, 0.05) is 16.7 Å². The van der Waals surface area contributed by atoms with Crippen LogP contribution in [-0.2, 0) is 0 Å². The second kappa shape index (κ2) is 14.4. The van der Waals surface area contributed by atoms with Gasteiger partial charge >= 0.3 is 0 Å². The predicted molar refractivity (Wildman–Crippen MR) is 274 cm³/mol. The molecule has 0 fully saturated rings. The summed E-state index contributed by atoms with van der Waals surface area (Å²) in [5.41, 5.74) is 16.8. The molecule has 0 radical (unpaired) electrons. The summed E-state index contributed by atoms with van der Waals surface area (Å²) in [5.74, 6) is 2.02. The van der Waals surface area contributed by atoms with E-state index in [9.17, 15) is 0 Å². The van der Waals surface area contributed by atoms with Crippen LogP contribution in [0.5, 0.6) is 0 Å². The molecule has 0 saturated carbocycles. The Kier molecular flexibility index (Phi) is 8.98. The molecule has 0 unspecified atom stereocenters. The van der Waals surface area contributed by atoms with Crippen LogP contribution < -0.4 is 38.2 Å². The maximum absolute atomic E-state index is 5.35. The molecule has 1 heterocycles. The monoisotopic (exact) mass is 745 g/mol. The van der Waals surface area contributed by atoms with Gasteiger partial charge in [-0.05, 0) is 89.6 Å². The van der Waals surface area contributed by atoms with Gasteiger partial charge in [0.1, 0.15) is 54.9 Å². The molecule has 0 atom stereocenters. The molecule has 0 aliphatic carbocycles. The summed E-state index contributed by atoms with van der Waals surface area (Å²) in [7, 11) is 15.7. The Balaban J connectivity index is 1.12. The second-order valence-electron chi connectivity index (χ2n) is 16.3. The van der Waals surface area contributed by atoms with E-state index >= 15 is 0 Å². The van der Waals surface area contributed by atoms with E-state index in [4.69, 9.17) is 15.0 Å². The summed E-state index contributed by atoms with van der Waals surface area (Å²) in [6, 6.07) is 52.3. The summed E-state index contributed by atoms with van der Waals surface area (Å²) in [6.45, 7) is 0. The Morgan fingerprint density at radius 3 is 1.49 bits per heavy atom. The molecule has 3 nitrogen and oxygen atoms in total. The number of aromatic nitrogens is 3. The van der Waals surface area contributed by atoms with E-state index in [-0.39, 0.29) is 0 Å². The maximum atomic E-state index is 5.35. The number of hydrogen-bond acceptors (Lipinski definition) is 3. The van der Waals surface area contributed by atoms with Gasteiger partial charge < -0.3 is 0 Å². The molecule has 9 aromatic carbocycles. The van der Waals surface area contributed by atoms with Gasteiger partial charge in [-0.2, -0.15) is 0 Å². The molecule has 10 aromatic rings. The highest BCUT2D eigenvalue weighted by Crippen LogP contribution is 2.34. The lowest BCUT2D eigenvalue weighted by Crippen LogP contribution is -2.52. The van der Waals surface area contributed by atoms with Crippen molar-refractivity contribution >= 4 is 136 Å². The van der Waals surface area contributed by atoms with Crippen molar-refractivity contribution in [3.63, 3.8) is 0 Å². The topological polar surface area (TPSA) is 38.7 Å². The Labute approximate surface area is 351 Å². The molecular weight excluding hydrogens is 706 g/mol. The van der Waals surface area contributed by atoms with E-state index < -0.39 is 0 Å². The van der Waals surface area contributed by atoms with Crippen LogP contribution in [0.4, 0.5) is 0 Å². The number of fused-ring (bicyclic) bond motifs is 4. The van der Waals surface area contributed by atoms with Gasteiger partial charge in [0.05, 0.1) is 0 Å². The summed E-state index contributed by atoms with van der Waals surface area (Å²) < 4.78 is 0. The fourth-order valence-corrected chi connectivity index (χ4v) is 9.35. The van der Waals surface area contributed by atoms with Crippen LogP contribution in [0.2, 0.25) is 0 Å². The summed E-state index contributed by atoms with van der Waals surface area (Å²) in [4.78, 5) is 15.9. The largest absolute Gasteiger partial charge is 0.208 e. The zero-order valence-corrected chi connectivity index (χ0v) is 34.7. The fraction of sp³-hybridized carbons (Fsp3) is 0. The molecule has 0 saturated heterocycles. The molecule has 0 bridgehead atoms. The Morgan fingerprint density at radius 1 is 0.288 bits per heavy atom. The first-order chi connectivity index (χ1) is 28.6. The molecule has 0 aliphatic heterocycles. The predicted octanol–water partition coefficient (Wildman–Crippen LogP) is 0.628. The zero-order chi connectivity index (χ0) is 40.5. The standard InChI is InChI=1S/C49H38B7N3/c50-40-37-38(43(53)46(56)45(55)42(37)52)41(51)44(54)39(40)49-58-47(57-48(59-49)34-20-15-25-7-1-2-9-27(25)23-34)33-12-5-11-28(24-33)29-16-17-31-22-32(19-18-30(31)21-29)36-14-6-10-26-8-3-4-13-35(26)36/h1-24H,50-56H2. The molecule has 0 N–H and O–H groups in total. The van der Waals surface area contributed by atoms with Crippen LogP contribution in [0.1, 0.15) is 0 Å². The minimum Gasteiger partial charge on any atom is -0.208 e. The minimum atomic E-state index is 0.657. The third-order valence-electron chi connectivity index (χ3n) is 13.0. The molecule has 10 rings (SSSR count). The van der Waals surface area contributed by atoms with Crippen molar-refractivity contribution in [2.75, 3.05) is 0 Å². The summed E-state index contributed by atoms with van der Waals surface area (Å²) in [5, 5.41) is 9.93. The Morgan fingerprint density at radius 2 is 0.746 bits per heavy atom. The van der Waals surface area contributed by atoms with Crippen molar-refractivity contribution in [2.45, 2.75) is 0 Å². The molecule has 0 amide bonds. The van der Waals surface area contributed by atoms with Crippen molar-refractivity contribution in [3.05, 3.63) is 146 Å². The van der Waals surface area contributed by atoms with Crippen LogP contribution >= 0.6 is 0 Å². The highest BCUT2D eigenvalue weighted by Gasteiger charge is 2.22. The quantitative estimate of drug-likeness (QED) is 0.243. The molecule has 0 spiro atoms. The van der Waals surface area contributed by atoms with Gasteiger partial charge in [0.2, 0.25) is 0 Å². The first kappa shape index (κ1) is 36.8. The fourth-order valence-electron chi connectivity index (χ4n) is 9.35. The Bertz CT molecular complexity index is 3380. The molecule has 0 aliphatic rings. The van der Waals surface area contributed by atoms with Crippen molar-refractivity contribution in [1.82, 2.24) is 15.0 Å². The van der Waals surface area contributed by atoms with Crippen LogP contribution in [0.3, 0.4) is 0 Å². The van der Waals surface area contributed by atoms with E-state index in [1.54, 1.807) is 0 Å². The average molecular weight is 745 g/mol. The third-order valence-corrected chi connectivity index (χ3v) is 13.0. The van der Waals surface area contributed by atoms with Gasteiger partial charge in [-0.25, -0.2) is 15.0 Å². The van der Waals surface area contributed by atoms with E-state index in [1.807, 2.05) is 0 Å². The van der Waals surface area contributed by atoms with Gasteiger partial charge in [-0.3, -0.25) is 0 Å². The average Bonchev–Trinajstić information content (AvgIpc) is 3.28. The molecule has 270 valence electrons. The first-order valence-corrected chi connectivity index (χ1v) is 20.5. The highest BCUT2D eigenvalue weighted by atomic mass is 15.0. The van der Waals surface area contributed by atoms with E-state index in [1.165, 1.54) is 87.1 Å². The Hall–Kier alpha value is -6.52. The van der Waals surface area contributed by atoms with Crippen molar-refractivity contribution in [2.24, 2.45) is 0 Å². The van der Waals surface area contributed by atoms with Crippen molar-refractivity contribution < 1.29 is 0 Å². The second-order valence-corrected chi connectivity index (χ2v) is 16.3.